The van der Waals surface area contributed by atoms with Crippen LogP contribution in [0.25, 0.3) is 21.3 Å². The van der Waals surface area contributed by atoms with Gasteiger partial charge in [0, 0.05) is 107 Å². The number of benzene rings is 4. The molecule has 0 radical (unpaired) electrons. The van der Waals surface area contributed by atoms with Gasteiger partial charge in [-0.2, -0.15) is 5.10 Å². The molecule has 3 aliphatic rings. The van der Waals surface area contributed by atoms with Gasteiger partial charge in [0.15, 0.2) is 5.82 Å². The summed E-state index contributed by atoms with van der Waals surface area (Å²) in [6.45, 7) is 13.8. The number of aromatic nitrogens is 3. The number of likely N-dealkylation sites (tertiary alicyclic amines) is 1. The van der Waals surface area contributed by atoms with Crippen molar-refractivity contribution in [3.63, 3.8) is 0 Å². The first kappa shape index (κ1) is 66.0. The zero-order chi connectivity index (χ0) is 62.9. The fourth-order valence-corrected chi connectivity index (χ4v) is 11.9. The van der Waals surface area contributed by atoms with Crippen LogP contribution in [0.15, 0.2) is 84.4 Å². The highest BCUT2D eigenvalue weighted by molar-refractivity contribution is 7.13. The highest BCUT2D eigenvalue weighted by Gasteiger charge is 2.44. The molecule has 21 nitrogen and oxygen atoms in total. The lowest BCUT2D eigenvalue weighted by Gasteiger charge is -2.36. The molecular weight excluding hydrogens is 1170 g/mol. The lowest BCUT2D eigenvalue weighted by molar-refractivity contribution is -0.144. The number of carbonyl (C=O) groups excluding carboxylic acids is 5. The third-order valence-corrected chi connectivity index (χ3v) is 17.0. The molecule has 4 aromatic carbocycles. The number of aryl methyl sites for hydroxylation is 1. The number of piperazine rings is 1. The zero-order valence-corrected chi connectivity index (χ0v) is 51.9. The Labute approximate surface area is 521 Å². The van der Waals surface area contributed by atoms with E-state index >= 15 is 0 Å². The number of aliphatic hydroxyl groups is 1. The molecule has 9 rings (SSSR count). The van der Waals surface area contributed by atoms with Crippen molar-refractivity contribution in [1.29, 1.82) is 0 Å². The summed E-state index contributed by atoms with van der Waals surface area (Å²) in [5, 5.41) is 31.0. The van der Waals surface area contributed by atoms with Gasteiger partial charge in [-0.05, 0) is 103 Å². The maximum absolute atomic E-state index is 14.0. The lowest BCUT2D eigenvalue weighted by Crippen LogP contribution is -2.57. The first-order chi connectivity index (χ1) is 42.9. The van der Waals surface area contributed by atoms with Crippen molar-refractivity contribution >= 4 is 69.0 Å². The van der Waals surface area contributed by atoms with Crippen molar-refractivity contribution in [2.45, 2.75) is 103 Å². The summed E-state index contributed by atoms with van der Waals surface area (Å²) in [7, 11) is 0. The standard InChI is InChI=1S/C65H82F2N10O11S/c1-42-59(89-41-69-42)46-9-6-43(7-10-46)39-68-63(82)56-38-51(78)40-77(56)64(83)60(65(2,3)4)71-57(79)16-26-87-30-28-84-22-5-23-85-29-31-88-27-17-58(80)76-20-18-75(19-21-76)50-11-12-52(55(37-50)70-49-14-24-86-25-15-49)62(81)72-61-53-35-44(8-13-54(53)73-74-61)32-45-33-47(66)36-48(67)34-45/h6-13,33-37,41,49,51,56,60,70,78H,5,14-32,38-40H2,1-4H3,(H,68,82)(H,71,79)(H2,72,73,74,81)/t51-,56+,60-/m1/s1. The minimum absolute atomic E-state index is 0.0143. The zero-order valence-electron chi connectivity index (χ0n) is 51.1. The van der Waals surface area contributed by atoms with Gasteiger partial charge in [-0.3, -0.25) is 29.1 Å². The molecule has 0 unspecified atom stereocenters. The number of H-pyrrole nitrogens is 1. The van der Waals surface area contributed by atoms with E-state index in [0.717, 1.165) is 51.9 Å². The molecule has 6 aromatic rings. The predicted octanol–water partition coefficient (Wildman–Crippen LogP) is 7.40. The fraction of sp³-hybridized carbons (Fsp3) is 0.492. The van der Waals surface area contributed by atoms with Crippen molar-refractivity contribution in [3.05, 3.63) is 124 Å². The number of aromatic amines is 1. The van der Waals surface area contributed by atoms with E-state index in [4.69, 9.17) is 23.7 Å². The number of β-amino-alcohol motifs (C(OH)–C–C–N with tert-alkyl or cyclic N) is 1. The van der Waals surface area contributed by atoms with Crippen molar-refractivity contribution in [3.8, 4) is 10.4 Å². The van der Waals surface area contributed by atoms with Gasteiger partial charge in [-0.25, -0.2) is 13.8 Å². The molecule has 3 aliphatic heterocycles. The smallest absolute Gasteiger partial charge is 0.258 e. The van der Waals surface area contributed by atoms with E-state index in [1.807, 2.05) is 92.7 Å². The average molecular weight is 1250 g/mol. The third kappa shape index (κ3) is 18.8. The van der Waals surface area contributed by atoms with E-state index in [1.165, 1.54) is 17.0 Å². The molecule has 2 aromatic heterocycles. The summed E-state index contributed by atoms with van der Waals surface area (Å²) >= 11 is 1.57. The SMILES string of the molecule is Cc1ncsc1-c1ccc(CNC(=O)[C@@H]2C[C@@H](O)CN2C(=O)[C@@H](NC(=O)CCOCCOCCCOCCOCCC(=O)N2CCN(c3ccc(C(=O)Nc4n[nH]c5ccc(Cc6cc(F)cc(F)c6)cc45)c(NC4CCOCC4)c3)CC2)C(C)(C)C)cc1. The van der Waals surface area contributed by atoms with Crippen molar-refractivity contribution < 1.29 is 61.5 Å². The van der Waals surface area contributed by atoms with E-state index < -0.39 is 41.1 Å². The van der Waals surface area contributed by atoms with Crippen molar-refractivity contribution in [1.82, 2.24) is 35.6 Å². The van der Waals surface area contributed by atoms with Gasteiger partial charge < -0.3 is 64.8 Å². The topological polar surface area (TPSA) is 251 Å². The number of fused-ring (bicyclic) bond motifs is 1. The molecule has 6 N–H and O–H groups in total. The number of aliphatic hydroxyl groups excluding tert-OH is 1. The van der Waals surface area contributed by atoms with Crippen molar-refractivity contribution in [2.24, 2.45) is 5.41 Å². The van der Waals surface area contributed by atoms with E-state index in [2.05, 4.69) is 41.3 Å². The second-order valence-electron chi connectivity index (χ2n) is 23.7. The van der Waals surface area contributed by atoms with E-state index in [9.17, 15) is 37.9 Å². The van der Waals surface area contributed by atoms with Crippen LogP contribution >= 0.6 is 11.3 Å². The highest BCUT2D eigenvalue weighted by Crippen LogP contribution is 2.32. The van der Waals surface area contributed by atoms with Crippen LogP contribution in [-0.4, -0.2) is 183 Å². The molecule has 0 bridgehead atoms. The number of thiazole rings is 1. The molecule has 3 atom stereocenters. The Bertz CT molecular complexity index is 3330. The molecule has 3 fully saturated rings. The number of nitrogens with zero attached hydrogens (tertiary/aromatic N) is 5. The summed E-state index contributed by atoms with van der Waals surface area (Å²) in [5.41, 5.74) is 8.02. The van der Waals surface area contributed by atoms with Crippen LogP contribution in [0.4, 0.5) is 26.0 Å². The summed E-state index contributed by atoms with van der Waals surface area (Å²) in [4.78, 5) is 78.6. The first-order valence-electron chi connectivity index (χ1n) is 30.6. The molecule has 5 heterocycles. The van der Waals surface area contributed by atoms with Crippen LogP contribution in [0.3, 0.4) is 0 Å². The Kier molecular flexibility index (Phi) is 23.6. The van der Waals surface area contributed by atoms with Crippen LogP contribution in [0, 0.1) is 24.0 Å². The molecule has 478 valence electrons. The normalized spacial score (nSPS) is 16.8. The Morgan fingerprint density at radius 2 is 1.47 bits per heavy atom. The van der Waals surface area contributed by atoms with Crippen LogP contribution in [0.1, 0.15) is 92.0 Å². The monoisotopic (exact) mass is 1250 g/mol. The lowest BCUT2D eigenvalue weighted by atomic mass is 9.85. The average Bonchev–Trinajstić information content (AvgIpc) is 3.91. The van der Waals surface area contributed by atoms with E-state index in [1.54, 1.807) is 17.4 Å². The number of hydrogen-bond acceptors (Lipinski definition) is 16. The van der Waals surface area contributed by atoms with Gasteiger partial charge in [0.05, 0.1) is 79.3 Å². The molecular formula is C65H82F2N10O11S. The Morgan fingerprint density at radius 3 is 2.15 bits per heavy atom. The molecule has 3 saturated heterocycles. The second kappa shape index (κ2) is 31.8. The number of amides is 5. The van der Waals surface area contributed by atoms with Gasteiger partial charge in [-0.15, -0.1) is 11.3 Å². The summed E-state index contributed by atoms with van der Waals surface area (Å²) in [6, 6.07) is 20.8. The second-order valence-corrected chi connectivity index (χ2v) is 24.6. The maximum Gasteiger partial charge on any atom is 0.258 e. The molecule has 24 heteroatoms. The molecule has 89 heavy (non-hydrogen) atoms. The van der Waals surface area contributed by atoms with Gasteiger partial charge in [0.2, 0.25) is 23.6 Å². The number of ether oxygens (including phenoxy) is 5. The van der Waals surface area contributed by atoms with Crippen LogP contribution in [-0.2, 0) is 55.8 Å². The van der Waals surface area contributed by atoms with Crippen LogP contribution in [0.5, 0.6) is 0 Å². The van der Waals surface area contributed by atoms with Gasteiger partial charge in [0.25, 0.3) is 5.91 Å². The summed E-state index contributed by atoms with van der Waals surface area (Å²) < 4.78 is 56.2. The molecule has 0 spiro atoms. The van der Waals surface area contributed by atoms with Crippen LogP contribution in [0.2, 0.25) is 0 Å². The number of anilines is 3. The highest BCUT2D eigenvalue weighted by atomic mass is 32.1. The number of hydrogen-bond donors (Lipinski definition) is 6. The van der Waals surface area contributed by atoms with Gasteiger partial charge in [0.1, 0.15) is 23.7 Å². The van der Waals surface area contributed by atoms with E-state index in [-0.39, 0.29) is 88.3 Å². The first-order valence-corrected chi connectivity index (χ1v) is 31.4. The third-order valence-electron chi connectivity index (χ3n) is 16.0. The van der Waals surface area contributed by atoms with Crippen LogP contribution < -0.4 is 26.2 Å². The van der Waals surface area contributed by atoms with Gasteiger partial charge >= 0.3 is 0 Å². The number of carbonyl (C=O) groups is 5. The predicted molar refractivity (Wildman–Crippen MR) is 335 cm³/mol. The Balaban J connectivity index is 0.614. The summed E-state index contributed by atoms with van der Waals surface area (Å²) in [5.74, 6) is -2.48. The molecule has 5 amide bonds. The number of halogens is 2. The Hall–Kier alpha value is -7.45. The Morgan fingerprint density at radius 1 is 0.798 bits per heavy atom. The number of nitrogens with one attached hydrogen (secondary N) is 5. The minimum Gasteiger partial charge on any atom is -0.391 e. The quantitative estimate of drug-likeness (QED) is 0.0250. The maximum atomic E-state index is 14.0. The summed E-state index contributed by atoms with van der Waals surface area (Å²) in [6.07, 6.45) is 2.00. The minimum atomic E-state index is -0.945. The molecule has 0 aliphatic carbocycles. The fourth-order valence-electron chi connectivity index (χ4n) is 11.1. The van der Waals surface area contributed by atoms with Gasteiger partial charge in [-0.1, -0.05) is 51.1 Å². The number of rotatable bonds is 29. The largest absolute Gasteiger partial charge is 0.391 e. The molecule has 0 saturated carbocycles. The van der Waals surface area contributed by atoms with E-state index in [0.29, 0.717) is 112 Å². The van der Waals surface area contributed by atoms with Crippen molar-refractivity contribution in [2.75, 3.05) is 114 Å².